The van der Waals surface area contributed by atoms with Crippen LogP contribution in [0.4, 0.5) is 11.4 Å². The van der Waals surface area contributed by atoms with Crippen LogP contribution in [0.2, 0.25) is 0 Å². The maximum Gasteiger partial charge on any atom is 0.312 e. The van der Waals surface area contributed by atoms with Crippen LogP contribution in [-0.2, 0) is 6.54 Å². The van der Waals surface area contributed by atoms with Gasteiger partial charge in [0, 0.05) is 5.69 Å². The molecule has 2 N–H and O–H groups in total. The van der Waals surface area contributed by atoms with Crippen molar-refractivity contribution in [3.05, 3.63) is 77.4 Å². The highest BCUT2D eigenvalue weighted by molar-refractivity contribution is 7.20. The molecule has 170 valence electrons. The number of rotatable bonds is 5. The number of hydrogen-bond acceptors (Lipinski definition) is 7. The van der Waals surface area contributed by atoms with Gasteiger partial charge in [-0.1, -0.05) is 17.7 Å². The third kappa shape index (κ3) is 4.02. The van der Waals surface area contributed by atoms with Crippen molar-refractivity contribution in [1.29, 1.82) is 0 Å². The zero-order valence-corrected chi connectivity index (χ0v) is 19.6. The highest BCUT2D eigenvalue weighted by Crippen LogP contribution is 2.29. The molecule has 0 fully saturated rings. The first-order valence-electron chi connectivity index (χ1n) is 10.2. The van der Waals surface area contributed by atoms with E-state index in [0.717, 1.165) is 22.5 Å². The summed E-state index contributed by atoms with van der Waals surface area (Å²) in [7, 11) is 0. The second-order valence-electron chi connectivity index (χ2n) is 7.96. The standard InChI is InChI=1S/C22H22N6O4S/c1-10-6-7-15(11(2)8-10)23-21(30)19-12(3)17-20(29)24-16(25-22(17)33-19)9-27-14(5)18(28(31)32)13(4)26-27/h6-8H,9H2,1-5H3,(H,23,30)(H,24,25,29). The normalized spacial score (nSPS) is 11.2. The van der Waals surface area contributed by atoms with Gasteiger partial charge in [-0.05, 0) is 51.8 Å². The number of fused-ring (bicyclic) bond motifs is 1. The lowest BCUT2D eigenvalue weighted by molar-refractivity contribution is -0.386. The van der Waals surface area contributed by atoms with Gasteiger partial charge in [-0.2, -0.15) is 5.10 Å². The van der Waals surface area contributed by atoms with Crippen LogP contribution in [0, 0.1) is 44.7 Å². The SMILES string of the molecule is Cc1ccc(NC(=O)c2sc3nc(Cn4nc(C)c([N+](=O)[O-])c4C)[nH]c(=O)c3c2C)c(C)c1. The molecule has 1 amide bonds. The predicted octanol–water partition coefficient (Wildman–Crippen LogP) is 3.93. The van der Waals surface area contributed by atoms with Crippen LogP contribution in [0.15, 0.2) is 23.0 Å². The average Bonchev–Trinajstić information content (AvgIpc) is 3.20. The highest BCUT2D eigenvalue weighted by atomic mass is 32.1. The van der Waals surface area contributed by atoms with Crippen molar-refractivity contribution in [3.8, 4) is 0 Å². The summed E-state index contributed by atoms with van der Waals surface area (Å²) >= 11 is 1.14. The number of aryl methyl sites for hydroxylation is 4. The van der Waals surface area contributed by atoms with Gasteiger partial charge in [0.05, 0.1) is 21.7 Å². The molecule has 4 aromatic rings. The number of thiophene rings is 1. The molecule has 11 heteroatoms. The maximum atomic E-state index is 13.0. The van der Waals surface area contributed by atoms with E-state index in [9.17, 15) is 19.7 Å². The number of nitro groups is 1. The quantitative estimate of drug-likeness (QED) is 0.338. The van der Waals surface area contributed by atoms with Gasteiger partial charge in [-0.25, -0.2) is 4.98 Å². The summed E-state index contributed by atoms with van der Waals surface area (Å²) in [5.41, 5.74) is 3.53. The zero-order chi connectivity index (χ0) is 24.0. The van der Waals surface area contributed by atoms with Gasteiger partial charge in [-0.15, -0.1) is 11.3 Å². The van der Waals surface area contributed by atoms with Crippen molar-refractivity contribution >= 4 is 38.8 Å². The van der Waals surface area contributed by atoms with Gasteiger partial charge in [0.2, 0.25) is 0 Å². The molecule has 0 aliphatic carbocycles. The number of carbonyl (C=O) groups is 1. The first kappa shape index (κ1) is 22.3. The van der Waals surface area contributed by atoms with E-state index in [1.165, 1.54) is 4.68 Å². The van der Waals surface area contributed by atoms with E-state index in [1.807, 2.05) is 32.0 Å². The first-order valence-corrected chi connectivity index (χ1v) is 11.0. The van der Waals surface area contributed by atoms with Crippen LogP contribution in [0.5, 0.6) is 0 Å². The zero-order valence-electron chi connectivity index (χ0n) is 18.8. The molecule has 0 saturated carbocycles. The van der Waals surface area contributed by atoms with Crippen molar-refractivity contribution in [1.82, 2.24) is 19.7 Å². The molecule has 0 atom stereocenters. The summed E-state index contributed by atoms with van der Waals surface area (Å²) in [6.07, 6.45) is 0. The molecular formula is C22H22N6O4S. The Bertz CT molecular complexity index is 1500. The second-order valence-corrected chi connectivity index (χ2v) is 8.95. The van der Waals surface area contributed by atoms with Crippen molar-refractivity contribution in [3.63, 3.8) is 0 Å². The van der Waals surface area contributed by atoms with Gasteiger partial charge in [0.25, 0.3) is 11.5 Å². The topological polar surface area (TPSA) is 136 Å². The molecule has 1 aromatic carbocycles. The highest BCUT2D eigenvalue weighted by Gasteiger charge is 2.23. The molecular weight excluding hydrogens is 444 g/mol. The Kier molecular flexibility index (Phi) is 5.58. The third-order valence-corrected chi connectivity index (χ3v) is 6.70. The number of benzene rings is 1. The van der Waals surface area contributed by atoms with Gasteiger partial charge in [-0.3, -0.25) is 24.4 Å². The first-order chi connectivity index (χ1) is 15.6. The van der Waals surface area contributed by atoms with Crippen LogP contribution in [0.1, 0.15) is 43.6 Å². The minimum atomic E-state index is -0.475. The van der Waals surface area contributed by atoms with Crippen molar-refractivity contribution < 1.29 is 9.72 Å². The van der Waals surface area contributed by atoms with Gasteiger partial charge >= 0.3 is 5.69 Å². The van der Waals surface area contributed by atoms with E-state index in [-0.39, 0.29) is 23.7 Å². The van der Waals surface area contributed by atoms with Gasteiger partial charge < -0.3 is 10.3 Å². The van der Waals surface area contributed by atoms with Crippen molar-refractivity contribution in [2.45, 2.75) is 41.2 Å². The van der Waals surface area contributed by atoms with Gasteiger partial charge in [0.1, 0.15) is 22.0 Å². The maximum absolute atomic E-state index is 13.0. The van der Waals surface area contributed by atoms with E-state index in [0.29, 0.717) is 43.6 Å². The molecule has 0 bridgehead atoms. The fourth-order valence-corrected chi connectivity index (χ4v) is 4.96. The molecule has 0 aliphatic rings. The number of aromatic amines is 1. The molecule has 4 rings (SSSR count). The second kappa shape index (κ2) is 8.24. The number of amides is 1. The lowest BCUT2D eigenvalue weighted by Crippen LogP contribution is -2.16. The van der Waals surface area contributed by atoms with Crippen LogP contribution >= 0.6 is 11.3 Å². The summed E-state index contributed by atoms with van der Waals surface area (Å²) in [5, 5.41) is 18.7. The minimum Gasteiger partial charge on any atom is -0.321 e. The Morgan fingerprint density at radius 1 is 1.24 bits per heavy atom. The van der Waals surface area contributed by atoms with E-state index in [2.05, 4.69) is 20.4 Å². The molecule has 0 radical (unpaired) electrons. The number of hydrogen-bond donors (Lipinski definition) is 2. The largest absolute Gasteiger partial charge is 0.321 e. The smallest absolute Gasteiger partial charge is 0.312 e. The van der Waals surface area contributed by atoms with E-state index < -0.39 is 4.92 Å². The summed E-state index contributed by atoms with van der Waals surface area (Å²) in [5.74, 6) is -0.00633. The molecule has 33 heavy (non-hydrogen) atoms. The fourth-order valence-electron chi connectivity index (χ4n) is 3.86. The molecule has 0 unspecified atom stereocenters. The van der Waals surface area contributed by atoms with Crippen molar-refractivity contribution in [2.75, 3.05) is 5.32 Å². The third-order valence-electron chi connectivity index (χ3n) is 5.51. The summed E-state index contributed by atoms with van der Waals surface area (Å²) in [6, 6.07) is 5.75. The van der Waals surface area contributed by atoms with Gasteiger partial charge in [0.15, 0.2) is 0 Å². The summed E-state index contributed by atoms with van der Waals surface area (Å²) in [4.78, 5) is 44.6. The van der Waals surface area contributed by atoms with E-state index in [1.54, 1.807) is 20.8 Å². The molecule has 0 aliphatic heterocycles. The Labute approximate surface area is 192 Å². The minimum absolute atomic E-state index is 0.0595. The Morgan fingerprint density at radius 3 is 2.61 bits per heavy atom. The number of carbonyl (C=O) groups excluding carboxylic acids is 1. The van der Waals surface area contributed by atoms with Crippen LogP contribution in [-0.4, -0.2) is 30.6 Å². The molecule has 0 spiro atoms. The van der Waals surface area contributed by atoms with Crippen LogP contribution in [0.3, 0.4) is 0 Å². The molecule has 10 nitrogen and oxygen atoms in total. The Balaban J connectivity index is 1.69. The van der Waals surface area contributed by atoms with Crippen molar-refractivity contribution in [2.24, 2.45) is 0 Å². The number of anilines is 1. The van der Waals surface area contributed by atoms with Crippen LogP contribution in [0.25, 0.3) is 10.2 Å². The predicted molar refractivity (Wildman–Crippen MR) is 126 cm³/mol. The number of nitrogens with zero attached hydrogens (tertiary/aromatic N) is 4. The number of aromatic nitrogens is 4. The Hall–Kier alpha value is -3.86. The summed E-state index contributed by atoms with van der Waals surface area (Å²) < 4.78 is 1.44. The van der Waals surface area contributed by atoms with E-state index >= 15 is 0 Å². The molecule has 0 saturated heterocycles. The average molecular weight is 467 g/mol. The lowest BCUT2D eigenvalue weighted by Gasteiger charge is -2.08. The molecule has 3 aromatic heterocycles. The monoisotopic (exact) mass is 466 g/mol. The number of H-pyrrole nitrogens is 1. The fraction of sp³-hybridized carbons (Fsp3) is 0.273. The Morgan fingerprint density at radius 2 is 1.97 bits per heavy atom. The lowest BCUT2D eigenvalue weighted by atomic mass is 10.1. The van der Waals surface area contributed by atoms with E-state index in [4.69, 9.17) is 0 Å². The number of nitrogens with one attached hydrogen (secondary N) is 2. The van der Waals surface area contributed by atoms with Crippen LogP contribution < -0.4 is 10.9 Å². The summed E-state index contributed by atoms with van der Waals surface area (Å²) in [6.45, 7) is 8.84. The molecule has 3 heterocycles.